The van der Waals surface area contributed by atoms with E-state index in [1.165, 1.54) is 0 Å². The molecule has 0 amide bonds. The Balaban J connectivity index is 2.29. The molecule has 0 aliphatic carbocycles. The van der Waals surface area contributed by atoms with Crippen LogP contribution in [-0.2, 0) is 0 Å². The van der Waals surface area contributed by atoms with Crippen molar-refractivity contribution in [3.63, 3.8) is 0 Å². The van der Waals surface area contributed by atoms with E-state index in [1.807, 2.05) is 31.3 Å². The van der Waals surface area contributed by atoms with E-state index in [0.717, 1.165) is 22.1 Å². The Bertz CT molecular complexity index is 770. The summed E-state index contributed by atoms with van der Waals surface area (Å²) in [6.07, 6.45) is 3.59. The third kappa shape index (κ3) is 2.11. The summed E-state index contributed by atoms with van der Waals surface area (Å²) in [4.78, 5) is 4.09. The number of nitrogen functional groups attached to an aromatic ring is 1. The van der Waals surface area contributed by atoms with Crippen LogP contribution in [0.15, 0.2) is 36.7 Å². The predicted octanol–water partition coefficient (Wildman–Crippen LogP) is 3.24. The van der Waals surface area contributed by atoms with Gasteiger partial charge in [-0.05, 0) is 47.9 Å². The molecule has 0 saturated carbocycles. The molecule has 5 heteroatoms. The third-order valence-corrected chi connectivity index (χ3v) is 3.28. The number of benzene rings is 1. The van der Waals surface area contributed by atoms with Crippen LogP contribution in [0.5, 0.6) is 0 Å². The molecule has 0 radical (unpaired) electrons. The highest BCUT2D eigenvalue weighted by Crippen LogP contribution is 2.31. The molecule has 94 valence electrons. The number of nitrogens with zero attached hydrogens (tertiary/aromatic N) is 3. The Morgan fingerprint density at radius 3 is 2.79 bits per heavy atom. The minimum atomic E-state index is 0.382. The molecule has 4 nitrogen and oxygen atoms in total. The maximum atomic E-state index is 6.26. The minimum absolute atomic E-state index is 0.382. The van der Waals surface area contributed by atoms with Crippen molar-refractivity contribution in [2.45, 2.75) is 6.92 Å². The maximum absolute atomic E-state index is 6.26. The van der Waals surface area contributed by atoms with Gasteiger partial charge >= 0.3 is 0 Å². The van der Waals surface area contributed by atoms with E-state index in [0.29, 0.717) is 16.4 Å². The Kier molecular flexibility index (Phi) is 2.80. The predicted molar refractivity (Wildman–Crippen MR) is 76.9 cm³/mol. The number of hydrogen-bond donors (Lipinski definition) is 1. The fourth-order valence-electron chi connectivity index (χ4n) is 2.08. The van der Waals surface area contributed by atoms with Crippen LogP contribution in [0.3, 0.4) is 0 Å². The number of halogens is 1. The van der Waals surface area contributed by atoms with E-state index >= 15 is 0 Å². The number of nitrogens with two attached hydrogens (primary N) is 1. The van der Waals surface area contributed by atoms with Gasteiger partial charge in [0.05, 0.1) is 5.02 Å². The van der Waals surface area contributed by atoms with Crippen molar-refractivity contribution in [1.29, 1.82) is 0 Å². The second kappa shape index (κ2) is 4.48. The first-order chi connectivity index (χ1) is 9.15. The van der Waals surface area contributed by atoms with Crippen LogP contribution in [-0.4, -0.2) is 15.2 Å². The normalized spacial score (nSPS) is 10.8. The van der Waals surface area contributed by atoms with Gasteiger partial charge in [0.2, 0.25) is 0 Å². The molecule has 0 saturated heterocycles. The number of rotatable bonds is 1. The smallest absolute Gasteiger partial charge is 0.146 e. The molecule has 2 heterocycles. The van der Waals surface area contributed by atoms with Gasteiger partial charge in [0, 0.05) is 17.8 Å². The largest absolute Gasteiger partial charge is 0.382 e. The summed E-state index contributed by atoms with van der Waals surface area (Å²) < 4.78 is 0. The highest BCUT2D eigenvalue weighted by Gasteiger charge is 2.08. The first kappa shape index (κ1) is 11.9. The summed E-state index contributed by atoms with van der Waals surface area (Å²) in [5.41, 5.74) is 9.53. The summed E-state index contributed by atoms with van der Waals surface area (Å²) >= 11 is 6.26. The van der Waals surface area contributed by atoms with E-state index in [-0.39, 0.29) is 0 Å². The number of aromatic nitrogens is 3. The molecule has 3 rings (SSSR count). The lowest BCUT2D eigenvalue weighted by Gasteiger charge is -2.08. The number of anilines is 1. The van der Waals surface area contributed by atoms with Crippen molar-refractivity contribution in [2.24, 2.45) is 0 Å². The zero-order valence-corrected chi connectivity index (χ0v) is 11.0. The van der Waals surface area contributed by atoms with Gasteiger partial charge in [-0.3, -0.25) is 4.98 Å². The molecule has 0 aliphatic rings. The topological polar surface area (TPSA) is 64.7 Å². The monoisotopic (exact) mass is 270 g/mol. The van der Waals surface area contributed by atoms with Gasteiger partial charge in [0.1, 0.15) is 11.3 Å². The highest BCUT2D eigenvalue weighted by molar-refractivity contribution is 6.35. The van der Waals surface area contributed by atoms with Gasteiger partial charge < -0.3 is 5.73 Å². The van der Waals surface area contributed by atoms with Crippen LogP contribution in [0.2, 0.25) is 5.02 Å². The lowest BCUT2D eigenvalue weighted by atomic mass is 10.0. The summed E-state index contributed by atoms with van der Waals surface area (Å²) in [5.74, 6) is 0.382. The van der Waals surface area contributed by atoms with Crippen LogP contribution in [0, 0.1) is 6.92 Å². The third-order valence-electron chi connectivity index (χ3n) is 2.99. The molecule has 3 aromatic rings. The van der Waals surface area contributed by atoms with Crippen LogP contribution in [0.4, 0.5) is 5.82 Å². The fourth-order valence-corrected chi connectivity index (χ4v) is 2.35. The maximum Gasteiger partial charge on any atom is 0.146 e. The van der Waals surface area contributed by atoms with Gasteiger partial charge in [0.15, 0.2) is 0 Å². The van der Waals surface area contributed by atoms with Crippen molar-refractivity contribution in [2.75, 3.05) is 5.73 Å². The van der Waals surface area contributed by atoms with Crippen molar-refractivity contribution in [1.82, 2.24) is 15.2 Å². The van der Waals surface area contributed by atoms with Gasteiger partial charge in [-0.25, -0.2) is 0 Å². The molecule has 2 N–H and O–H groups in total. The molecular formula is C14H11ClN4. The summed E-state index contributed by atoms with van der Waals surface area (Å²) in [5, 5.41) is 9.29. The molecule has 19 heavy (non-hydrogen) atoms. The summed E-state index contributed by atoms with van der Waals surface area (Å²) in [7, 11) is 0. The van der Waals surface area contributed by atoms with Gasteiger partial charge in [-0.2, -0.15) is 0 Å². The number of fused-ring (bicyclic) bond motifs is 1. The Labute approximate surface area is 115 Å². The quantitative estimate of drug-likeness (QED) is 0.737. The SMILES string of the molecule is Cc1cnccc1-c1cc(Cl)c2nnc(N)cc2c1. The van der Waals surface area contributed by atoms with Crippen molar-refractivity contribution in [3.8, 4) is 11.1 Å². The zero-order chi connectivity index (χ0) is 13.4. The molecule has 1 aromatic carbocycles. The van der Waals surface area contributed by atoms with Crippen LogP contribution in [0.25, 0.3) is 22.0 Å². The Morgan fingerprint density at radius 2 is 2.00 bits per heavy atom. The Hall–Kier alpha value is -2.20. The number of pyridine rings is 1. The molecule has 0 fully saturated rings. The minimum Gasteiger partial charge on any atom is -0.382 e. The average Bonchev–Trinajstić information content (AvgIpc) is 2.38. The van der Waals surface area contributed by atoms with Gasteiger partial charge in [0.25, 0.3) is 0 Å². The molecule has 0 bridgehead atoms. The average molecular weight is 271 g/mol. The summed E-state index contributed by atoms with van der Waals surface area (Å²) in [6.45, 7) is 2.01. The lowest BCUT2D eigenvalue weighted by molar-refractivity contribution is 1.09. The standard InChI is InChI=1S/C14H11ClN4/c1-8-7-17-3-2-11(8)9-4-10-6-13(16)18-19-14(10)12(15)5-9/h2-7H,1H3,(H2,16,18). The Morgan fingerprint density at radius 1 is 1.16 bits per heavy atom. The van der Waals surface area contributed by atoms with Gasteiger partial charge in [-0.1, -0.05) is 11.6 Å². The molecular weight excluding hydrogens is 260 g/mol. The van der Waals surface area contributed by atoms with E-state index in [2.05, 4.69) is 15.2 Å². The van der Waals surface area contributed by atoms with Crippen LogP contribution < -0.4 is 5.73 Å². The van der Waals surface area contributed by atoms with Crippen molar-refractivity contribution < 1.29 is 0 Å². The van der Waals surface area contributed by atoms with E-state index in [4.69, 9.17) is 17.3 Å². The zero-order valence-electron chi connectivity index (χ0n) is 10.3. The molecule has 0 unspecified atom stereocenters. The molecule has 2 aromatic heterocycles. The van der Waals surface area contributed by atoms with Crippen LogP contribution in [0.1, 0.15) is 5.56 Å². The summed E-state index contributed by atoms with van der Waals surface area (Å²) in [6, 6.07) is 7.63. The molecule has 0 aliphatic heterocycles. The van der Waals surface area contributed by atoms with E-state index < -0.39 is 0 Å². The van der Waals surface area contributed by atoms with Gasteiger partial charge in [-0.15, -0.1) is 10.2 Å². The lowest BCUT2D eigenvalue weighted by Crippen LogP contribution is -1.94. The van der Waals surface area contributed by atoms with Crippen LogP contribution >= 0.6 is 11.6 Å². The van der Waals surface area contributed by atoms with Crippen molar-refractivity contribution >= 4 is 28.3 Å². The molecule has 0 spiro atoms. The molecule has 0 atom stereocenters. The number of aryl methyl sites for hydroxylation is 1. The first-order valence-corrected chi connectivity index (χ1v) is 6.16. The second-order valence-corrected chi connectivity index (χ2v) is 4.76. The highest BCUT2D eigenvalue weighted by atomic mass is 35.5. The number of hydrogen-bond acceptors (Lipinski definition) is 4. The van der Waals surface area contributed by atoms with Crippen molar-refractivity contribution in [3.05, 3.63) is 47.2 Å². The second-order valence-electron chi connectivity index (χ2n) is 4.36. The first-order valence-electron chi connectivity index (χ1n) is 5.78. The van der Waals surface area contributed by atoms with E-state index in [1.54, 1.807) is 12.3 Å². The van der Waals surface area contributed by atoms with E-state index in [9.17, 15) is 0 Å². The fraction of sp³-hybridized carbons (Fsp3) is 0.0714.